The van der Waals surface area contributed by atoms with Crippen molar-refractivity contribution in [2.45, 2.75) is 25.8 Å². The highest BCUT2D eigenvalue weighted by molar-refractivity contribution is 6.11. The molecule has 0 spiro atoms. The van der Waals surface area contributed by atoms with Gasteiger partial charge in [-0.2, -0.15) is 0 Å². The number of carbonyl (C=O) groups is 2. The lowest BCUT2D eigenvalue weighted by Crippen LogP contribution is -2.52. The summed E-state index contributed by atoms with van der Waals surface area (Å²) in [5, 5.41) is 2.83. The Morgan fingerprint density at radius 1 is 1.08 bits per heavy atom. The fourth-order valence-electron chi connectivity index (χ4n) is 3.75. The fraction of sp³-hybridized carbons (Fsp3) is 0.300. The number of nitrogens with zero attached hydrogens (tertiary/aromatic N) is 2. The second kappa shape index (κ2) is 6.24. The summed E-state index contributed by atoms with van der Waals surface area (Å²) >= 11 is 0. The highest BCUT2D eigenvalue weighted by atomic mass is 16.2. The number of rotatable bonds is 2. The van der Waals surface area contributed by atoms with E-state index in [-0.39, 0.29) is 24.4 Å². The van der Waals surface area contributed by atoms with E-state index in [0.717, 1.165) is 30.8 Å². The average Bonchev–Trinajstić information content (AvgIpc) is 2.65. The molecule has 0 aromatic heterocycles. The standard InChI is InChI=1S/C20H21N3O2/c1-14(22-12-6-8-15-7-2-4-10-17(15)22)20(25)23-13-19(24)21-16-9-3-5-11-18(16)23/h2-5,7,9-11,14H,6,8,12-13H2,1H3,(H,21,24)/t14-/m0/s1. The Bertz CT molecular complexity index is 833. The number of benzene rings is 2. The van der Waals surface area contributed by atoms with Crippen LogP contribution in [0.1, 0.15) is 18.9 Å². The number of aryl methyl sites for hydroxylation is 1. The van der Waals surface area contributed by atoms with E-state index in [0.29, 0.717) is 5.69 Å². The van der Waals surface area contributed by atoms with E-state index in [9.17, 15) is 9.59 Å². The zero-order valence-corrected chi connectivity index (χ0v) is 14.2. The van der Waals surface area contributed by atoms with E-state index in [4.69, 9.17) is 0 Å². The summed E-state index contributed by atoms with van der Waals surface area (Å²) < 4.78 is 0. The molecule has 1 atom stereocenters. The number of fused-ring (bicyclic) bond motifs is 2. The molecule has 0 saturated heterocycles. The molecule has 0 unspecified atom stereocenters. The van der Waals surface area contributed by atoms with Crippen molar-refractivity contribution in [3.8, 4) is 0 Å². The molecule has 1 N–H and O–H groups in total. The Morgan fingerprint density at radius 2 is 1.80 bits per heavy atom. The Morgan fingerprint density at radius 3 is 2.64 bits per heavy atom. The van der Waals surface area contributed by atoms with Gasteiger partial charge in [-0.25, -0.2) is 0 Å². The molecular formula is C20H21N3O2. The van der Waals surface area contributed by atoms with E-state index in [1.54, 1.807) is 4.90 Å². The molecule has 2 aromatic rings. The number of hydrogen-bond donors (Lipinski definition) is 1. The molecule has 0 fully saturated rings. The monoisotopic (exact) mass is 335 g/mol. The molecule has 5 heteroatoms. The number of para-hydroxylation sites is 3. The van der Waals surface area contributed by atoms with E-state index in [1.807, 2.05) is 43.3 Å². The van der Waals surface area contributed by atoms with Gasteiger partial charge >= 0.3 is 0 Å². The Hall–Kier alpha value is -2.82. The minimum absolute atomic E-state index is 0.0426. The van der Waals surface area contributed by atoms with Crippen molar-refractivity contribution in [3.63, 3.8) is 0 Å². The second-order valence-electron chi connectivity index (χ2n) is 6.59. The molecule has 128 valence electrons. The lowest BCUT2D eigenvalue weighted by atomic mass is 10.00. The van der Waals surface area contributed by atoms with Crippen LogP contribution in [-0.4, -0.2) is 30.9 Å². The SMILES string of the molecule is C[C@@H](C(=O)N1CC(=O)Nc2ccccc21)N1CCCc2ccccc21. The predicted octanol–water partition coefficient (Wildman–Crippen LogP) is 2.81. The van der Waals surface area contributed by atoms with Crippen LogP contribution in [0.2, 0.25) is 0 Å². The molecule has 25 heavy (non-hydrogen) atoms. The van der Waals surface area contributed by atoms with Crippen molar-refractivity contribution in [3.05, 3.63) is 54.1 Å². The van der Waals surface area contributed by atoms with Crippen LogP contribution >= 0.6 is 0 Å². The molecule has 2 aromatic carbocycles. The zero-order chi connectivity index (χ0) is 17.4. The molecule has 0 bridgehead atoms. The van der Waals surface area contributed by atoms with E-state index < -0.39 is 0 Å². The quantitative estimate of drug-likeness (QED) is 0.918. The molecule has 0 radical (unpaired) electrons. The van der Waals surface area contributed by atoms with Gasteiger partial charge in [0.15, 0.2) is 0 Å². The summed E-state index contributed by atoms with van der Waals surface area (Å²) in [5.74, 6) is -0.197. The van der Waals surface area contributed by atoms with Crippen LogP contribution in [-0.2, 0) is 16.0 Å². The van der Waals surface area contributed by atoms with Crippen molar-refractivity contribution in [1.82, 2.24) is 0 Å². The van der Waals surface area contributed by atoms with Gasteiger partial charge in [0.05, 0.1) is 11.4 Å². The average molecular weight is 335 g/mol. The molecular weight excluding hydrogens is 314 g/mol. The van der Waals surface area contributed by atoms with Gasteiger partial charge in [-0.05, 0) is 43.5 Å². The Labute approximate surface area is 147 Å². The maximum absolute atomic E-state index is 13.2. The molecule has 4 rings (SSSR count). The number of anilines is 3. The van der Waals surface area contributed by atoms with Crippen LogP contribution in [0.4, 0.5) is 17.1 Å². The summed E-state index contributed by atoms with van der Waals surface area (Å²) in [5.41, 5.74) is 3.87. The van der Waals surface area contributed by atoms with Crippen molar-refractivity contribution in [2.24, 2.45) is 0 Å². The largest absolute Gasteiger partial charge is 0.360 e. The fourth-order valence-corrected chi connectivity index (χ4v) is 3.75. The molecule has 2 heterocycles. The zero-order valence-electron chi connectivity index (χ0n) is 14.2. The number of carbonyl (C=O) groups excluding carboxylic acids is 2. The van der Waals surface area contributed by atoms with Crippen LogP contribution in [0.15, 0.2) is 48.5 Å². The lowest BCUT2D eigenvalue weighted by Gasteiger charge is -2.38. The second-order valence-corrected chi connectivity index (χ2v) is 6.59. The normalized spacial score (nSPS) is 17.4. The van der Waals surface area contributed by atoms with Gasteiger partial charge in [0.25, 0.3) is 0 Å². The number of amides is 2. The molecule has 0 saturated carbocycles. The van der Waals surface area contributed by atoms with Crippen molar-refractivity contribution in [1.29, 1.82) is 0 Å². The van der Waals surface area contributed by atoms with Gasteiger partial charge in [0.2, 0.25) is 11.8 Å². The first-order valence-electron chi connectivity index (χ1n) is 8.70. The topological polar surface area (TPSA) is 52.7 Å². The van der Waals surface area contributed by atoms with E-state index >= 15 is 0 Å². The maximum atomic E-state index is 13.2. The minimum atomic E-state index is -0.319. The first-order valence-corrected chi connectivity index (χ1v) is 8.70. The highest BCUT2D eigenvalue weighted by Crippen LogP contribution is 2.32. The smallest absolute Gasteiger partial charge is 0.249 e. The molecule has 5 nitrogen and oxygen atoms in total. The van der Waals surface area contributed by atoms with Gasteiger partial charge in [-0.1, -0.05) is 30.3 Å². The van der Waals surface area contributed by atoms with Gasteiger partial charge in [-0.15, -0.1) is 0 Å². The summed E-state index contributed by atoms with van der Waals surface area (Å²) in [6, 6.07) is 15.4. The van der Waals surface area contributed by atoms with Crippen LogP contribution in [0.5, 0.6) is 0 Å². The molecule has 2 aliphatic rings. The van der Waals surface area contributed by atoms with Gasteiger partial charge < -0.3 is 10.2 Å². The van der Waals surface area contributed by atoms with Crippen molar-refractivity contribution >= 4 is 28.9 Å². The molecule has 2 aliphatic heterocycles. The lowest BCUT2D eigenvalue weighted by molar-refractivity contribution is -0.122. The Kier molecular flexibility index (Phi) is 3.92. The van der Waals surface area contributed by atoms with E-state index in [2.05, 4.69) is 22.3 Å². The minimum Gasteiger partial charge on any atom is -0.360 e. The van der Waals surface area contributed by atoms with Crippen LogP contribution in [0.25, 0.3) is 0 Å². The van der Waals surface area contributed by atoms with Crippen LogP contribution in [0, 0.1) is 0 Å². The number of hydrogen-bond acceptors (Lipinski definition) is 3. The third kappa shape index (κ3) is 2.76. The first-order chi connectivity index (χ1) is 12.1. The van der Waals surface area contributed by atoms with Crippen molar-refractivity contribution in [2.75, 3.05) is 28.2 Å². The summed E-state index contributed by atoms with van der Waals surface area (Å²) in [7, 11) is 0. The van der Waals surface area contributed by atoms with Gasteiger partial charge in [-0.3, -0.25) is 14.5 Å². The predicted molar refractivity (Wildman–Crippen MR) is 99.0 cm³/mol. The van der Waals surface area contributed by atoms with Gasteiger partial charge in [0.1, 0.15) is 12.6 Å². The summed E-state index contributed by atoms with van der Waals surface area (Å²) in [6.07, 6.45) is 2.08. The summed E-state index contributed by atoms with van der Waals surface area (Å²) in [6.45, 7) is 2.85. The maximum Gasteiger partial charge on any atom is 0.249 e. The van der Waals surface area contributed by atoms with Crippen LogP contribution in [0.3, 0.4) is 0 Å². The molecule has 2 amide bonds. The summed E-state index contributed by atoms with van der Waals surface area (Å²) in [4.78, 5) is 29.0. The molecule has 0 aliphatic carbocycles. The third-order valence-electron chi connectivity index (χ3n) is 5.01. The van der Waals surface area contributed by atoms with Crippen LogP contribution < -0.4 is 15.1 Å². The number of nitrogens with one attached hydrogen (secondary N) is 1. The third-order valence-corrected chi connectivity index (χ3v) is 5.01. The van der Waals surface area contributed by atoms with Crippen molar-refractivity contribution < 1.29 is 9.59 Å². The van der Waals surface area contributed by atoms with E-state index in [1.165, 1.54) is 5.56 Å². The Balaban J connectivity index is 1.65. The first kappa shape index (κ1) is 15.7. The highest BCUT2D eigenvalue weighted by Gasteiger charge is 2.33. The van der Waals surface area contributed by atoms with Gasteiger partial charge in [0, 0.05) is 12.2 Å².